The minimum absolute atomic E-state index is 0.00385. The number of nitrogens with zero attached hydrogens (tertiary/aromatic N) is 3. The van der Waals surface area contributed by atoms with Crippen LogP contribution in [0.2, 0.25) is 0 Å². The van der Waals surface area contributed by atoms with Crippen LogP contribution in [-0.4, -0.2) is 25.4 Å². The number of hydrogen-bond donors (Lipinski definition) is 2. The van der Waals surface area contributed by atoms with E-state index >= 15 is 0 Å². The Hall–Kier alpha value is -3.48. The van der Waals surface area contributed by atoms with Crippen molar-refractivity contribution in [2.24, 2.45) is 5.92 Å². The normalized spacial score (nSPS) is 14.8. The Morgan fingerprint density at radius 1 is 1.09 bits per heavy atom. The van der Waals surface area contributed by atoms with Gasteiger partial charge in [0.15, 0.2) is 0 Å². The van der Waals surface area contributed by atoms with Crippen LogP contribution in [0.5, 0.6) is 0 Å². The van der Waals surface area contributed by atoms with E-state index < -0.39 is 0 Å². The summed E-state index contributed by atoms with van der Waals surface area (Å²) in [5.41, 5.74) is 2.52. The average molecular weight is 430 g/mol. The van der Waals surface area contributed by atoms with Crippen molar-refractivity contribution >= 4 is 27.8 Å². The van der Waals surface area contributed by atoms with E-state index in [9.17, 15) is 9.59 Å². The number of benzene rings is 2. The van der Waals surface area contributed by atoms with Gasteiger partial charge in [-0.15, -0.1) is 0 Å². The van der Waals surface area contributed by atoms with Crippen molar-refractivity contribution in [1.82, 2.24) is 24.8 Å². The maximum Gasteiger partial charge on any atom is 0.261 e. The highest BCUT2D eigenvalue weighted by molar-refractivity contribution is 5.79. The summed E-state index contributed by atoms with van der Waals surface area (Å²) >= 11 is 0. The lowest BCUT2D eigenvalue weighted by Crippen LogP contribution is -2.33. The molecular formula is C25H27N5O2. The lowest BCUT2D eigenvalue weighted by molar-refractivity contribution is -0.122. The van der Waals surface area contributed by atoms with Crippen LogP contribution in [0.4, 0.5) is 0 Å². The van der Waals surface area contributed by atoms with Crippen LogP contribution in [0, 0.1) is 5.92 Å². The molecule has 0 bridgehead atoms. The summed E-state index contributed by atoms with van der Waals surface area (Å²) in [6.07, 6.45) is 2.66. The van der Waals surface area contributed by atoms with Gasteiger partial charge in [0.1, 0.15) is 11.6 Å². The summed E-state index contributed by atoms with van der Waals surface area (Å²) in [4.78, 5) is 38.7. The SMILES string of the molecule is CC(C)C(NC(=O)CCc1nc2ccccc2c(=O)n1C1CC1)c1nc2ccccc2[nH]1. The van der Waals surface area contributed by atoms with Crippen LogP contribution in [-0.2, 0) is 11.2 Å². The Morgan fingerprint density at radius 3 is 2.53 bits per heavy atom. The third-order valence-electron chi connectivity index (χ3n) is 6.05. The van der Waals surface area contributed by atoms with Crippen molar-refractivity contribution in [2.45, 2.75) is 51.6 Å². The van der Waals surface area contributed by atoms with E-state index in [2.05, 4.69) is 29.1 Å². The van der Waals surface area contributed by atoms with Crippen molar-refractivity contribution < 1.29 is 4.79 Å². The number of imidazole rings is 1. The Balaban J connectivity index is 1.35. The van der Waals surface area contributed by atoms with Crippen LogP contribution in [0.25, 0.3) is 21.9 Å². The van der Waals surface area contributed by atoms with Gasteiger partial charge in [-0.2, -0.15) is 0 Å². The molecule has 5 rings (SSSR count). The second-order valence-electron chi connectivity index (χ2n) is 8.88. The van der Waals surface area contributed by atoms with Crippen LogP contribution >= 0.6 is 0 Å². The standard InChI is InChI=1S/C25H27N5O2/c1-15(2)23(24-27-19-9-5-6-10-20(19)28-24)29-22(31)14-13-21-26-18-8-4-3-7-17(18)25(32)30(21)16-11-12-16/h3-10,15-16,23H,11-14H2,1-2H3,(H,27,28)(H,29,31). The fourth-order valence-electron chi connectivity index (χ4n) is 4.22. The zero-order valence-electron chi connectivity index (χ0n) is 18.3. The number of amides is 1. The molecule has 2 N–H and O–H groups in total. The Kier molecular flexibility index (Phi) is 5.25. The second-order valence-corrected chi connectivity index (χ2v) is 8.88. The first-order valence-electron chi connectivity index (χ1n) is 11.3. The lowest BCUT2D eigenvalue weighted by Gasteiger charge is -2.20. The van der Waals surface area contributed by atoms with E-state index in [0.717, 1.165) is 29.7 Å². The highest BCUT2D eigenvalue weighted by atomic mass is 16.1. The molecule has 1 unspecified atom stereocenters. The van der Waals surface area contributed by atoms with Gasteiger partial charge in [0, 0.05) is 18.9 Å². The molecule has 1 atom stereocenters. The number of carbonyl (C=O) groups is 1. The molecule has 2 aromatic carbocycles. The number of nitrogens with one attached hydrogen (secondary N) is 2. The van der Waals surface area contributed by atoms with Gasteiger partial charge in [0.25, 0.3) is 5.56 Å². The molecule has 1 fully saturated rings. The predicted octanol–water partition coefficient (Wildman–Crippen LogP) is 4.05. The third kappa shape index (κ3) is 3.90. The largest absolute Gasteiger partial charge is 0.346 e. The molecule has 0 aliphatic heterocycles. The van der Waals surface area contributed by atoms with Gasteiger partial charge in [-0.3, -0.25) is 14.2 Å². The molecule has 2 heterocycles. The van der Waals surface area contributed by atoms with Crippen LogP contribution in [0.3, 0.4) is 0 Å². The monoisotopic (exact) mass is 429 g/mol. The number of para-hydroxylation sites is 3. The Bertz CT molecular complexity index is 1320. The van der Waals surface area contributed by atoms with Crippen molar-refractivity contribution in [3.63, 3.8) is 0 Å². The van der Waals surface area contributed by atoms with Gasteiger partial charge in [-0.1, -0.05) is 38.1 Å². The predicted molar refractivity (Wildman–Crippen MR) is 124 cm³/mol. The Morgan fingerprint density at radius 2 is 1.81 bits per heavy atom. The van der Waals surface area contributed by atoms with E-state index in [1.54, 1.807) is 4.57 Å². The number of aromatic nitrogens is 4. The maximum atomic E-state index is 13.0. The molecule has 1 amide bonds. The molecular weight excluding hydrogens is 402 g/mol. The topological polar surface area (TPSA) is 92.7 Å². The molecule has 0 radical (unpaired) electrons. The summed E-state index contributed by atoms with van der Waals surface area (Å²) in [7, 11) is 0. The molecule has 0 spiro atoms. The minimum atomic E-state index is -0.218. The molecule has 7 heteroatoms. The van der Waals surface area contributed by atoms with Crippen molar-refractivity contribution in [2.75, 3.05) is 0 Å². The second kappa shape index (κ2) is 8.22. The van der Waals surface area contributed by atoms with Crippen molar-refractivity contribution in [1.29, 1.82) is 0 Å². The number of aromatic amines is 1. The van der Waals surface area contributed by atoms with Gasteiger partial charge >= 0.3 is 0 Å². The first-order chi connectivity index (χ1) is 15.5. The highest BCUT2D eigenvalue weighted by Crippen LogP contribution is 2.35. The molecule has 1 aliphatic rings. The number of H-pyrrole nitrogens is 1. The van der Waals surface area contributed by atoms with Gasteiger partial charge in [0.2, 0.25) is 5.91 Å². The lowest BCUT2D eigenvalue weighted by atomic mass is 10.0. The summed E-state index contributed by atoms with van der Waals surface area (Å²) in [5, 5.41) is 3.77. The first kappa shape index (κ1) is 20.4. The van der Waals surface area contributed by atoms with Gasteiger partial charge in [-0.25, -0.2) is 9.97 Å². The molecule has 32 heavy (non-hydrogen) atoms. The van der Waals surface area contributed by atoms with Crippen LogP contribution < -0.4 is 10.9 Å². The molecule has 164 valence electrons. The molecule has 2 aromatic heterocycles. The number of fused-ring (bicyclic) bond motifs is 2. The molecule has 1 aliphatic carbocycles. The first-order valence-corrected chi connectivity index (χ1v) is 11.3. The van der Waals surface area contributed by atoms with Crippen LogP contribution in [0.1, 0.15) is 56.8 Å². The third-order valence-corrected chi connectivity index (χ3v) is 6.05. The number of carbonyl (C=O) groups excluding carboxylic acids is 1. The van der Waals surface area contributed by atoms with Crippen molar-refractivity contribution in [3.8, 4) is 0 Å². The summed E-state index contributed by atoms with van der Waals surface area (Å²) in [6.45, 7) is 4.13. The summed E-state index contributed by atoms with van der Waals surface area (Å²) in [6, 6.07) is 15.3. The zero-order chi connectivity index (χ0) is 22.2. The van der Waals surface area contributed by atoms with Crippen LogP contribution in [0.15, 0.2) is 53.3 Å². The number of hydrogen-bond acceptors (Lipinski definition) is 4. The average Bonchev–Trinajstić information content (AvgIpc) is 3.53. The molecule has 4 aromatic rings. The minimum Gasteiger partial charge on any atom is -0.346 e. The number of aryl methyl sites for hydroxylation is 1. The van der Waals surface area contributed by atoms with Gasteiger partial charge in [-0.05, 0) is 43.0 Å². The Labute approximate surface area is 185 Å². The zero-order valence-corrected chi connectivity index (χ0v) is 18.3. The molecule has 0 saturated heterocycles. The van der Waals surface area contributed by atoms with E-state index in [-0.39, 0.29) is 35.9 Å². The van der Waals surface area contributed by atoms with E-state index in [1.807, 2.05) is 48.5 Å². The summed E-state index contributed by atoms with van der Waals surface area (Å²) in [5.74, 6) is 1.54. The van der Waals surface area contributed by atoms with Gasteiger partial charge in [0.05, 0.1) is 28.0 Å². The smallest absolute Gasteiger partial charge is 0.261 e. The highest BCUT2D eigenvalue weighted by Gasteiger charge is 2.29. The molecule has 1 saturated carbocycles. The molecule has 7 nitrogen and oxygen atoms in total. The van der Waals surface area contributed by atoms with E-state index in [4.69, 9.17) is 4.98 Å². The fraction of sp³-hybridized carbons (Fsp3) is 0.360. The number of rotatable bonds is 7. The van der Waals surface area contributed by atoms with Gasteiger partial charge < -0.3 is 10.3 Å². The quantitative estimate of drug-likeness (QED) is 0.463. The van der Waals surface area contributed by atoms with Crippen molar-refractivity contribution in [3.05, 3.63) is 70.5 Å². The maximum absolute atomic E-state index is 13.0. The summed E-state index contributed by atoms with van der Waals surface area (Å²) < 4.78 is 1.80. The fourth-order valence-corrected chi connectivity index (χ4v) is 4.22. The van der Waals surface area contributed by atoms with E-state index in [0.29, 0.717) is 23.1 Å². The van der Waals surface area contributed by atoms with E-state index in [1.165, 1.54) is 0 Å².